The van der Waals surface area contributed by atoms with Crippen LogP contribution in [-0.2, 0) is 0 Å². The average Bonchev–Trinajstić information content (AvgIpc) is 3.20. The second-order valence-electron chi connectivity index (χ2n) is 7.34. The van der Waals surface area contributed by atoms with Crippen LogP contribution < -0.4 is 0 Å². The second-order valence-corrected chi connectivity index (χ2v) is 9.60. The Labute approximate surface area is 208 Å². The fourth-order valence-corrected chi connectivity index (χ4v) is 4.83. The van der Waals surface area contributed by atoms with Gasteiger partial charge in [0.05, 0.1) is 10.0 Å². The standard InChI is InChI=1S/C24H14Cl3FN4S/c1-13-2-4-14(5-3-13)10-21-22(15-6-8-16(25)9-7-15)31-32-23(29-30-24(32)33-21)17-11-20(28)19(27)12-18(17)26/h2-12H,1H3. The molecule has 0 spiro atoms. The Morgan fingerprint density at radius 2 is 1.64 bits per heavy atom. The lowest BCUT2D eigenvalue weighted by atomic mass is 10.1. The van der Waals surface area contributed by atoms with E-state index in [4.69, 9.17) is 39.9 Å². The van der Waals surface area contributed by atoms with Gasteiger partial charge in [-0.2, -0.15) is 9.78 Å². The third-order valence-electron chi connectivity index (χ3n) is 4.99. The van der Waals surface area contributed by atoms with Gasteiger partial charge in [-0.25, -0.2) is 4.39 Å². The number of aromatic nitrogens is 3. The Morgan fingerprint density at radius 3 is 2.36 bits per heavy atom. The van der Waals surface area contributed by atoms with E-state index in [1.54, 1.807) is 4.68 Å². The van der Waals surface area contributed by atoms with Crippen LogP contribution in [0.3, 0.4) is 0 Å². The Morgan fingerprint density at radius 1 is 0.909 bits per heavy atom. The summed E-state index contributed by atoms with van der Waals surface area (Å²) in [5, 5.41) is 14.7. The zero-order valence-electron chi connectivity index (χ0n) is 17.1. The van der Waals surface area contributed by atoms with E-state index in [1.165, 1.54) is 29.5 Å². The molecule has 0 saturated carbocycles. The topological polar surface area (TPSA) is 43.1 Å². The molecular weight excluding hydrogens is 502 g/mol. The molecule has 2 heterocycles. The number of benzene rings is 3. The van der Waals surface area contributed by atoms with Crippen molar-refractivity contribution < 1.29 is 4.39 Å². The Balaban J connectivity index is 1.67. The third kappa shape index (κ3) is 4.44. The fraction of sp³-hybridized carbons (Fsp3) is 0.0417. The summed E-state index contributed by atoms with van der Waals surface area (Å²) in [5.74, 6) is -0.280. The summed E-state index contributed by atoms with van der Waals surface area (Å²) in [6.45, 7) is 2.04. The van der Waals surface area contributed by atoms with Crippen molar-refractivity contribution in [3.05, 3.63) is 103 Å². The Bertz CT molecular complexity index is 1430. The second kappa shape index (κ2) is 8.95. The average molecular weight is 516 g/mol. The van der Waals surface area contributed by atoms with Crippen LogP contribution in [0.15, 0.2) is 75.8 Å². The molecule has 4 nitrogen and oxygen atoms in total. The van der Waals surface area contributed by atoms with Gasteiger partial charge in [-0.1, -0.05) is 76.8 Å². The number of rotatable bonds is 3. The van der Waals surface area contributed by atoms with Gasteiger partial charge in [0.1, 0.15) is 11.5 Å². The van der Waals surface area contributed by atoms with Crippen molar-refractivity contribution in [1.29, 1.82) is 0 Å². The largest absolute Gasteiger partial charge is 0.217 e. The molecule has 33 heavy (non-hydrogen) atoms. The molecule has 5 rings (SSSR count). The zero-order chi connectivity index (χ0) is 23.1. The predicted octanol–water partition coefficient (Wildman–Crippen LogP) is 7.75. The summed E-state index contributed by atoms with van der Waals surface area (Å²) in [4.78, 5) is 0.890. The highest BCUT2D eigenvalue weighted by molar-refractivity contribution is 8.04. The quantitative estimate of drug-likeness (QED) is 0.262. The molecule has 0 atom stereocenters. The smallest absolute Gasteiger partial charge is 0.205 e. The molecule has 1 aromatic heterocycles. The first-order valence-corrected chi connectivity index (χ1v) is 11.8. The first-order valence-electron chi connectivity index (χ1n) is 9.81. The molecule has 9 heteroatoms. The summed E-state index contributed by atoms with van der Waals surface area (Å²) in [6.07, 6.45) is 2.05. The maximum atomic E-state index is 14.2. The summed E-state index contributed by atoms with van der Waals surface area (Å²) in [5.41, 5.74) is 4.13. The van der Waals surface area contributed by atoms with E-state index in [9.17, 15) is 4.39 Å². The van der Waals surface area contributed by atoms with Crippen molar-refractivity contribution in [2.75, 3.05) is 0 Å². The van der Waals surface area contributed by atoms with Crippen LogP contribution in [0.1, 0.15) is 16.7 Å². The highest BCUT2D eigenvalue weighted by Gasteiger charge is 2.26. The van der Waals surface area contributed by atoms with Crippen molar-refractivity contribution in [1.82, 2.24) is 14.9 Å². The number of halogens is 4. The van der Waals surface area contributed by atoms with E-state index in [2.05, 4.69) is 22.3 Å². The maximum Gasteiger partial charge on any atom is 0.217 e. The van der Waals surface area contributed by atoms with Gasteiger partial charge in [0.25, 0.3) is 0 Å². The van der Waals surface area contributed by atoms with Crippen molar-refractivity contribution in [2.45, 2.75) is 12.1 Å². The molecule has 0 radical (unpaired) electrons. The monoisotopic (exact) mass is 514 g/mol. The van der Waals surface area contributed by atoms with Gasteiger partial charge in [-0.15, -0.1) is 10.2 Å². The van der Waals surface area contributed by atoms with Gasteiger partial charge in [0, 0.05) is 21.1 Å². The number of hydrogen-bond acceptors (Lipinski definition) is 4. The number of aryl methyl sites for hydroxylation is 1. The zero-order valence-corrected chi connectivity index (χ0v) is 20.1. The van der Waals surface area contributed by atoms with Gasteiger partial charge in [0.15, 0.2) is 5.82 Å². The molecule has 164 valence electrons. The van der Waals surface area contributed by atoms with Crippen LogP contribution in [0.4, 0.5) is 4.39 Å². The number of fused-ring (bicyclic) bond motifs is 1. The summed E-state index contributed by atoms with van der Waals surface area (Å²) >= 11 is 19.7. The summed E-state index contributed by atoms with van der Waals surface area (Å²) < 4.78 is 15.7. The van der Waals surface area contributed by atoms with Crippen LogP contribution in [0.25, 0.3) is 17.5 Å². The molecule has 0 bridgehead atoms. The van der Waals surface area contributed by atoms with Gasteiger partial charge < -0.3 is 0 Å². The lowest BCUT2D eigenvalue weighted by Gasteiger charge is -2.17. The lowest BCUT2D eigenvalue weighted by molar-refractivity contribution is 0.628. The van der Waals surface area contributed by atoms with E-state index >= 15 is 0 Å². The predicted molar refractivity (Wildman–Crippen MR) is 134 cm³/mol. The molecule has 0 fully saturated rings. The molecule has 1 aliphatic heterocycles. The minimum Gasteiger partial charge on any atom is -0.205 e. The first kappa shape index (κ1) is 22.2. The number of allylic oxidation sites excluding steroid dienone is 1. The van der Waals surface area contributed by atoms with Crippen LogP contribution in [0, 0.1) is 12.7 Å². The highest BCUT2D eigenvalue weighted by atomic mass is 35.5. The summed E-state index contributed by atoms with van der Waals surface area (Å²) in [6, 6.07) is 18.2. The third-order valence-corrected chi connectivity index (χ3v) is 6.81. The van der Waals surface area contributed by atoms with Gasteiger partial charge in [0.2, 0.25) is 5.16 Å². The van der Waals surface area contributed by atoms with Crippen molar-refractivity contribution in [3.8, 4) is 11.4 Å². The van der Waals surface area contributed by atoms with E-state index in [-0.39, 0.29) is 10.0 Å². The van der Waals surface area contributed by atoms with Crippen LogP contribution >= 0.6 is 46.6 Å². The maximum absolute atomic E-state index is 14.2. The van der Waals surface area contributed by atoms with E-state index in [0.29, 0.717) is 27.3 Å². The van der Waals surface area contributed by atoms with Crippen LogP contribution in [0.2, 0.25) is 15.1 Å². The summed E-state index contributed by atoms with van der Waals surface area (Å²) in [7, 11) is 0. The lowest BCUT2D eigenvalue weighted by Crippen LogP contribution is -2.12. The minimum atomic E-state index is -0.598. The highest BCUT2D eigenvalue weighted by Crippen LogP contribution is 2.39. The normalized spacial score (nSPS) is 14.3. The molecule has 3 aromatic carbocycles. The van der Waals surface area contributed by atoms with Crippen LogP contribution in [0.5, 0.6) is 0 Å². The van der Waals surface area contributed by atoms with Crippen LogP contribution in [-0.4, -0.2) is 20.6 Å². The minimum absolute atomic E-state index is 0.0646. The van der Waals surface area contributed by atoms with E-state index < -0.39 is 5.82 Å². The number of thioether (sulfide) groups is 1. The van der Waals surface area contributed by atoms with Crippen molar-refractivity contribution in [3.63, 3.8) is 0 Å². The molecule has 0 saturated heterocycles. The molecule has 4 aromatic rings. The first-order chi connectivity index (χ1) is 15.9. The molecular formula is C24H14Cl3FN4S. The van der Waals surface area contributed by atoms with Gasteiger partial charge >= 0.3 is 0 Å². The Hall–Kier alpha value is -2.64. The Kier molecular flexibility index (Phi) is 6.01. The molecule has 0 amide bonds. The van der Waals surface area contributed by atoms with Gasteiger partial charge in [-0.3, -0.25) is 0 Å². The SMILES string of the molecule is Cc1ccc(C=C2Sc3nnc(-c4cc(F)c(Cl)cc4Cl)n3N=C2c2ccc(Cl)cc2)cc1. The van der Waals surface area contributed by atoms with Crippen molar-refractivity contribution >= 4 is 58.4 Å². The number of hydrogen-bond donors (Lipinski definition) is 0. The molecule has 0 aliphatic carbocycles. The molecule has 1 aliphatic rings. The van der Waals surface area contributed by atoms with E-state index in [0.717, 1.165) is 16.0 Å². The fourth-order valence-electron chi connectivity index (χ4n) is 3.30. The van der Waals surface area contributed by atoms with Gasteiger partial charge in [-0.05, 0) is 54.6 Å². The number of nitrogens with zero attached hydrogens (tertiary/aromatic N) is 4. The molecule has 0 N–H and O–H groups in total. The van der Waals surface area contributed by atoms with Crippen molar-refractivity contribution in [2.24, 2.45) is 5.10 Å². The molecule has 0 unspecified atom stereocenters. The van der Waals surface area contributed by atoms with E-state index in [1.807, 2.05) is 49.4 Å².